The SMILES string of the molecule is NC(=O)NC(=O)C(Cl)Cl. The number of rotatable bonds is 1. The molecule has 0 aliphatic rings. The molecular formula is C3H4Cl2N2O2. The molecule has 0 radical (unpaired) electrons. The monoisotopic (exact) mass is 170 g/mol. The maximum Gasteiger partial charge on any atom is 0.318 e. The van der Waals surface area contributed by atoms with Gasteiger partial charge >= 0.3 is 6.03 Å². The Morgan fingerprint density at radius 3 is 2.00 bits per heavy atom. The Labute approximate surface area is 61.3 Å². The van der Waals surface area contributed by atoms with E-state index in [1.807, 2.05) is 0 Å². The molecule has 9 heavy (non-hydrogen) atoms. The quantitative estimate of drug-likeness (QED) is 0.544. The standard InChI is InChI=1S/C3H4Cl2N2O2/c4-1(5)2(8)7-3(6)9/h1H,(H3,6,7,8,9). The van der Waals surface area contributed by atoms with Crippen molar-refractivity contribution in [1.29, 1.82) is 0 Å². The zero-order valence-corrected chi connectivity index (χ0v) is 5.74. The lowest BCUT2D eigenvalue weighted by Gasteiger charge is -1.97. The highest BCUT2D eigenvalue weighted by molar-refractivity contribution is 6.53. The molecule has 0 aliphatic heterocycles. The highest BCUT2D eigenvalue weighted by Gasteiger charge is 2.11. The van der Waals surface area contributed by atoms with Crippen molar-refractivity contribution in [2.24, 2.45) is 5.73 Å². The molecule has 3 amide bonds. The summed E-state index contributed by atoms with van der Waals surface area (Å²) in [5, 5.41) is 1.68. The number of alkyl halides is 2. The van der Waals surface area contributed by atoms with Crippen molar-refractivity contribution in [3.8, 4) is 0 Å². The third-order valence-corrected chi connectivity index (χ3v) is 0.841. The second kappa shape index (κ2) is 3.53. The average molecular weight is 171 g/mol. The number of urea groups is 1. The zero-order valence-electron chi connectivity index (χ0n) is 4.23. The van der Waals surface area contributed by atoms with E-state index in [-0.39, 0.29) is 0 Å². The van der Waals surface area contributed by atoms with Crippen LogP contribution in [0, 0.1) is 0 Å². The fourth-order valence-corrected chi connectivity index (χ4v) is 0.285. The molecule has 0 atom stereocenters. The lowest BCUT2D eigenvalue weighted by Crippen LogP contribution is -2.38. The van der Waals surface area contributed by atoms with E-state index in [2.05, 4.69) is 5.73 Å². The first-order valence-electron chi connectivity index (χ1n) is 1.92. The van der Waals surface area contributed by atoms with Gasteiger partial charge in [-0.15, -0.1) is 0 Å². The van der Waals surface area contributed by atoms with Gasteiger partial charge in [-0.2, -0.15) is 0 Å². The summed E-state index contributed by atoms with van der Waals surface area (Å²) in [6.07, 6.45) is 0. The molecule has 0 aromatic carbocycles. The van der Waals surface area contributed by atoms with E-state index in [9.17, 15) is 9.59 Å². The van der Waals surface area contributed by atoms with Gasteiger partial charge in [-0.05, 0) is 0 Å². The number of amides is 3. The minimum atomic E-state index is -1.25. The lowest BCUT2D eigenvalue weighted by atomic mass is 10.7. The van der Waals surface area contributed by atoms with Crippen LogP contribution in [0.2, 0.25) is 0 Å². The Balaban J connectivity index is 3.64. The molecule has 0 saturated heterocycles. The summed E-state index contributed by atoms with van der Waals surface area (Å²) in [5.74, 6) is -0.814. The Hall–Kier alpha value is -0.480. The van der Waals surface area contributed by atoms with E-state index in [1.165, 1.54) is 0 Å². The Kier molecular flexibility index (Phi) is 3.34. The van der Waals surface area contributed by atoms with Crippen LogP contribution in [-0.2, 0) is 4.79 Å². The third kappa shape index (κ3) is 4.05. The number of nitrogens with one attached hydrogen (secondary N) is 1. The molecule has 0 aliphatic carbocycles. The van der Waals surface area contributed by atoms with Gasteiger partial charge in [-0.3, -0.25) is 10.1 Å². The van der Waals surface area contributed by atoms with Gasteiger partial charge in [0, 0.05) is 0 Å². The molecular weight excluding hydrogens is 167 g/mol. The maximum atomic E-state index is 10.3. The molecule has 3 N–H and O–H groups in total. The van der Waals surface area contributed by atoms with E-state index in [1.54, 1.807) is 5.32 Å². The molecule has 0 bridgehead atoms. The molecule has 0 heterocycles. The van der Waals surface area contributed by atoms with Gasteiger partial charge in [0.15, 0.2) is 4.84 Å². The second-order valence-corrected chi connectivity index (χ2v) is 2.25. The molecule has 0 saturated carbocycles. The van der Waals surface area contributed by atoms with Crippen LogP contribution in [0.25, 0.3) is 0 Å². The van der Waals surface area contributed by atoms with Gasteiger partial charge in [0.2, 0.25) is 0 Å². The van der Waals surface area contributed by atoms with Gasteiger partial charge in [0.25, 0.3) is 5.91 Å². The van der Waals surface area contributed by atoms with Crippen LogP contribution >= 0.6 is 23.2 Å². The first-order chi connectivity index (χ1) is 4.04. The van der Waals surface area contributed by atoms with Crippen LogP contribution in [0.15, 0.2) is 0 Å². The van der Waals surface area contributed by atoms with E-state index < -0.39 is 16.8 Å². The minimum Gasteiger partial charge on any atom is -0.351 e. The smallest absolute Gasteiger partial charge is 0.318 e. The molecule has 52 valence electrons. The molecule has 0 rings (SSSR count). The van der Waals surface area contributed by atoms with Crippen molar-refractivity contribution in [3.05, 3.63) is 0 Å². The van der Waals surface area contributed by atoms with E-state index >= 15 is 0 Å². The number of halogens is 2. The summed E-state index contributed by atoms with van der Waals surface area (Å²) in [6.45, 7) is 0. The Morgan fingerprint density at radius 2 is 1.89 bits per heavy atom. The van der Waals surface area contributed by atoms with Crippen molar-refractivity contribution in [2.45, 2.75) is 4.84 Å². The first kappa shape index (κ1) is 8.52. The molecule has 0 aromatic heterocycles. The minimum absolute atomic E-state index is 0.814. The van der Waals surface area contributed by atoms with Crippen molar-refractivity contribution in [3.63, 3.8) is 0 Å². The van der Waals surface area contributed by atoms with E-state index in [0.717, 1.165) is 0 Å². The van der Waals surface area contributed by atoms with Crippen molar-refractivity contribution >= 4 is 35.1 Å². The highest BCUT2D eigenvalue weighted by atomic mass is 35.5. The predicted octanol–water partition coefficient (Wildman–Crippen LogP) is -0.0150. The predicted molar refractivity (Wildman–Crippen MR) is 33.2 cm³/mol. The van der Waals surface area contributed by atoms with Crippen LogP contribution in [-0.4, -0.2) is 16.8 Å². The van der Waals surface area contributed by atoms with Gasteiger partial charge < -0.3 is 5.73 Å². The molecule has 4 nitrogen and oxygen atoms in total. The third-order valence-electron chi connectivity index (χ3n) is 0.445. The summed E-state index contributed by atoms with van der Waals surface area (Å²) in [4.78, 5) is 18.9. The molecule has 0 aromatic rings. The Bertz CT molecular complexity index is 136. The normalized spacial score (nSPS) is 9.22. The van der Waals surface area contributed by atoms with Gasteiger partial charge in [-0.1, -0.05) is 23.2 Å². The molecule has 0 fully saturated rings. The number of carbonyl (C=O) groups is 2. The average Bonchev–Trinajstić information content (AvgIpc) is 1.63. The Morgan fingerprint density at radius 1 is 1.44 bits per heavy atom. The summed E-state index contributed by atoms with van der Waals surface area (Å²) in [7, 11) is 0. The molecule has 0 unspecified atom stereocenters. The number of imide groups is 1. The molecule has 0 spiro atoms. The fourth-order valence-electron chi connectivity index (χ4n) is 0.176. The van der Waals surface area contributed by atoms with Gasteiger partial charge in [0.1, 0.15) is 0 Å². The fraction of sp³-hybridized carbons (Fsp3) is 0.333. The number of carbonyl (C=O) groups excluding carboxylic acids is 2. The largest absolute Gasteiger partial charge is 0.351 e. The first-order valence-corrected chi connectivity index (χ1v) is 2.79. The molecule has 6 heteroatoms. The van der Waals surface area contributed by atoms with Crippen molar-refractivity contribution in [2.75, 3.05) is 0 Å². The van der Waals surface area contributed by atoms with Crippen LogP contribution in [0.1, 0.15) is 0 Å². The van der Waals surface area contributed by atoms with Crippen LogP contribution in [0.3, 0.4) is 0 Å². The van der Waals surface area contributed by atoms with E-state index in [0.29, 0.717) is 0 Å². The maximum absolute atomic E-state index is 10.3. The summed E-state index contributed by atoms with van der Waals surface area (Å²) >= 11 is 10.0. The van der Waals surface area contributed by atoms with Crippen molar-refractivity contribution in [1.82, 2.24) is 5.32 Å². The zero-order chi connectivity index (χ0) is 7.44. The summed E-state index contributed by atoms with van der Waals surface area (Å²) in [5.41, 5.74) is 4.54. The van der Waals surface area contributed by atoms with Gasteiger partial charge in [-0.25, -0.2) is 4.79 Å². The van der Waals surface area contributed by atoms with Crippen LogP contribution < -0.4 is 11.1 Å². The topological polar surface area (TPSA) is 72.2 Å². The highest BCUT2D eigenvalue weighted by Crippen LogP contribution is 1.99. The second-order valence-electron chi connectivity index (χ2n) is 1.15. The number of primary amides is 1. The number of hydrogen-bond donors (Lipinski definition) is 2. The number of nitrogens with two attached hydrogens (primary N) is 1. The summed E-state index contributed by atoms with van der Waals surface area (Å²) < 4.78 is 0. The van der Waals surface area contributed by atoms with E-state index in [4.69, 9.17) is 23.2 Å². The lowest BCUT2D eigenvalue weighted by molar-refractivity contribution is -0.118. The van der Waals surface area contributed by atoms with Crippen LogP contribution in [0.5, 0.6) is 0 Å². The van der Waals surface area contributed by atoms with Gasteiger partial charge in [0.05, 0.1) is 0 Å². The number of hydrogen-bond acceptors (Lipinski definition) is 2. The van der Waals surface area contributed by atoms with Crippen molar-refractivity contribution < 1.29 is 9.59 Å². The summed E-state index contributed by atoms with van der Waals surface area (Å²) in [6, 6.07) is -0.966. The van der Waals surface area contributed by atoms with Crippen LogP contribution in [0.4, 0.5) is 4.79 Å².